The van der Waals surface area contributed by atoms with Crippen molar-refractivity contribution >= 4 is 23.6 Å². The Kier molecular flexibility index (Phi) is 8.60. The summed E-state index contributed by atoms with van der Waals surface area (Å²) in [6.07, 6.45) is -0.110. The lowest BCUT2D eigenvalue weighted by molar-refractivity contribution is -0.157. The van der Waals surface area contributed by atoms with E-state index in [2.05, 4.69) is 5.32 Å². The van der Waals surface area contributed by atoms with Gasteiger partial charge in [-0.05, 0) is 27.7 Å². The van der Waals surface area contributed by atoms with E-state index >= 15 is 0 Å². The first-order valence-electron chi connectivity index (χ1n) is 7.92. The Bertz CT molecular complexity index is 485. The monoisotopic (exact) mass is 343 g/mol. The van der Waals surface area contributed by atoms with Crippen molar-refractivity contribution in [2.75, 3.05) is 0 Å². The van der Waals surface area contributed by atoms with Gasteiger partial charge in [-0.2, -0.15) is 0 Å². The molecule has 0 aromatic rings. The van der Waals surface area contributed by atoms with Crippen molar-refractivity contribution in [3.63, 3.8) is 0 Å². The minimum Gasteiger partial charge on any atom is -0.460 e. The van der Waals surface area contributed by atoms with Crippen LogP contribution in [0.4, 0.5) is 0 Å². The van der Waals surface area contributed by atoms with E-state index in [4.69, 9.17) is 10.6 Å². The number of esters is 1. The second-order valence-corrected chi connectivity index (χ2v) is 7.00. The molecule has 0 heterocycles. The summed E-state index contributed by atoms with van der Waals surface area (Å²) in [5, 5.41) is 2.55. The van der Waals surface area contributed by atoms with Crippen molar-refractivity contribution in [2.45, 2.75) is 66.0 Å². The maximum absolute atomic E-state index is 12.1. The number of rotatable bonds is 8. The quantitative estimate of drug-likeness (QED) is 0.254. The fourth-order valence-corrected chi connectivity index (χ4v) is 1.88. The maximum atomic E-state index is 12.1. The van der Waals surface area contributed by atoms with E-state index in [0.717, 1.165) is 0 Å². The van der Waals surface area contributed by atoms with Crippen molar-refractivity contribution in [3.8, 4) is 0 Å². The van der Waals surface area contributed by atoms with Gasteiger partial charge in [-0.15, -0.1) is 0 Å². The molecular weight excluding hydrogens is 314 g/mol. The summed E-state index contributed by atoms with van der Waals surface area (Å²) in [4.78, 5) is 47.1. The highest BCUT2D eigenvalue weighted by molar-refractivity contribution is 5.93. The van der Waals surface area contributed by atoms with Crippen LogP contribution in [0.3, 0.4) is 0 Å². The molecule has 24 heavy (non-hydrogen) atoms. The smallest absolute Gasteiger partial charge is 0.307 e. The van der Waals surface area contributed by atoms with Gasteiger partial charge in [0.25, 0.3) is 0 Å². The first kappa shape index (κ1) is 22.0. The Morgan fingerprint density at radius 2 is 1.46 bits per heavy atom. The van der Waals surface area contributed by atoms with E-state index < -0.39 is 41.3 Å². The molecule has 0 saturated heterocycles. The molecule has 8 heteroatoms. The average molecular weight is 343 g/mol. The van der Waals surface area contributed by atoms with Crippen LogP contribution in [0.1, 0.15) is 54.4 Å². The molecule has 0 rings (SSSR count). The molecule has 0 saturated carbocycles. The molecule has 0 aromatic carbocycles. The number of hydrogen-bond acceptors (Lipinski definition) is 6. The number of amides is 2. The van der Waals surface area contributed by atoms with E-state index in [1.54, 1.807) is 34.6 Å². The third-order valence-electron chi connectivity index (χ3n) is 3.28. The number of carbonyl (C=O) groups excluding carboxylic acids is 4. The first-order valence-corrected chi connectivity index (χ1v) is 7.92. The first-order chi connectivity index (χ1) is 10.9. The molecule has 0 radical (unpaired) electrons. The van der Waals surface area contributed by atoms with E-state index in [1.807, 2.05) is 5.43 Å². The number of carbonyl (C=O) groups is 4. The summed E-state index contributed by atoms with van der Waals surface area (Å²) >= 11 is 0. The van der Waals surface area contributed by atoms with Gasteiger partial charge in [0.15, 0.2) is 5.78 Å². The Morgan fingerprint density at radius 1 is 0.958 bits per heavy atom. The van der Waals surface area contributed by atoms with Gasteiger partial charge in [-0.3, -0.25) is 24.6 Å². The topological polar surface area (TPSA) is 128 Å². The lowest BCUT2D eigenvalue weighted by atomic mass is 9.99. The summed E-state index contributed by atoms with van der Waals surface area (Å²) in [5.41, 5.74) is 1.36. The van der Waals surface area contributed by atoms with Gasteiger partial charge in [0.05, 0.1) is 12.5 Å². The van der Waals surface area contributed by atoms with Crippen molar-refractivity contribution in [1.29, 1.82) is 0 Å². The van der Waals surface area contributed by atoms with E-state index in [-0.39, 0.29) is 18.6 Å². The second kappa shape index (κ2) is 9.36. The van der Waals surface area contributed by atoms with Gasteiger partial charge in [0, 0.05) is 18.3 Å². The van der Waals surface area contributed by atoms with Gasteiger partial charge in [-0.1, -0.05) is 13.8 Å². The summed E-state index contributed by atoms with van der Waals surface area (Å²) in [5.74, 6) is 2.18. The zero-order valence-electron chi connectivity index (χ0n) is 15.3. The molecule has 3 atom stereocenters. The summed E-state index contributed by atoms with van der Waals surface area (Å²) < 4.78 is 5.16. The summed E-state index contributed by atoms with van der Waals surface area (Å²) in [6.45, 7) is 9.92. The van der Waals surface area contributed by atoms with Crippen LogP contribution in [0.2, 0.25) is 0 Å². The van der Waals surface area contributed by atoms with E-state index in [1.165, 1.54) is 6.92 Å². The van der Waals surface area contributed by atoms with E-state index in [9.17, 15) is 19.2 Å². The number of nitrogens with one attached hydrogen (secondary N) is 2. The molecular formula is C16H29N3O5. The summed E-state index contributed by atoms with van der Waals surface area (Å²) in [7, 11) is 0. The Morgan fingerprint density at radius 3 is 1.92 bits per heavy atom. The van der Waals surface area contributed by atoms with Crippen LogP contribution in [0.15, 0.2) is 0 Å². The van der Waals surface area contributed by atoms with Gasteiger partial charge in [-0.25, -0.2) is 5.84 Å². The van der Waals surface area contributed by atoms with Crippen LogP contribution in [0, 0.1) is 11.8 Å². The molecule has 0 aliphatic carbocycles. The number of hydrazine groups is 1. The number of hydrogen-bond donors (Lipinski definition) is 3. The molecule has 4 N–H and O–H groups in total. The Hall–Kier alpha value is -1.96. The molecule has 0 aromatic heterocycles. The highest BCUT2D eigenvalue weighted by Crippen LogP contribution is 2.12. The van der Waals surface area contributed by atoms with Crippen molar-refractivity contribution in [1.82, 2.24) is 10.7 Å². The van der Waals surface area contributed by atoms with Crippen LogP contribution in [-0.4, -0.2) is 35.2 Å². The van der Waals surface area contributed by atoms with E-state index in [0.29, 0.717) is 0 Å². The van der Waals surface area contributed by atoms with Crippen LogP contribution in [0.5, 0.6) is 0 Å². The number of ether oxygens (including phenoxy) is 1. The lowest BCUT2D eigenvalue weighted by Gasteiger charge is -2.21. The molecule has 0 bridgehead atoms. The third-order valence-corrected chi connectivity index (χ3v) is 3.28. The number of nitrogens with two attached hydrogens (primary N) is 1. The average Bonchev–Trinajstić information content (AvgIpc) is 2.43. The van der Waals surface area contributed by atoms with Gasteiger partial charge in [0.2, 0.25) is 11.8 Å². The third kappa shape index (κ3) is 8.61. The second-order valence-electron chi connectivity index (χ2n) is 7.00. The minimum atomic E-state index is -0.758. The predicted octanol–water partition coefficient (Wildman–Crippen LogP) is 0.444. The fraction of sp³-hybridized carbons (Fsp3) is 0.750. The molecule has 0 aliphatic heterocycles. The molecule has 2 amide bonds. The van der Waals surface area contributed by atoms with Gasteiger partial charge < -0.3 is 10.1 Å². The maximum Gasteiger partial charge on any atom is 0.307 e. The zero-order chi connectivity index (χ0) is 19.1. The highest BCUT2D eigenvalue weighted by Gasteiger charge is 2.26. The summed E-state index contributed by atoms with van der Waals surface area (Å²) in [6, 6.07) is -0.758. The molecule has 0 fully saturated rings. The molecule has 8 nitrogen and oxygen atoms in total. The molecule has 0 spiro atoms. The van der Waals surface area contributed by atoms with Gasteiger partial charge >= 0.3 is 5.97 Å². The Balaban J connectivity index is 4.45. The highest BCUT2D eigenvalue weighted by atomic mass is 16.6. The van der Waals surface area contributed by atoms with Crippen molar-refractivity contribution in [3.05, 3.63) is 0 Å². The largest absolute Gasteiger partial charge is 0.460 e. The fourth-order valence-electron chi connectivity index (χ4n) is 1.88. The molecule has 3 unspecified atom stereocenters. The zero-order valence-corrected chi connectivity index (χ0v) is 15.3. The predicted molar refractivity (Wildman–Crippen MR) is 88.3 cm³/mol. The lowest BCUT2D eigenvalue weighted by Crippen LogP contribution is -2.43. The normalized spacial score (nSPS) is 15.0. The van der Waals surface area contributed by atoms with Gasteiger partial charge in [0.1, 0.15) is 5.60 Å². The van der Waals surface area contributed by atoms with Crippen LogP contribution >= 0.6 is 0 Å². The van der Waals surface area contributed by atoms with Crippen molar-refractivity contribution in [2.24, 2.45) is 17.7 Å². The number of ketones is 1. The van der Waals surface area contributed by atoms with Crippen LogP contribution in [-0.2, 0) is 23.9 Å². The standard InChI is InChI=1S/C16H29N3O5/c1-9(15(23)19-17)7-12(20)11(3)18-14(22)10(2)8-13(21)24-16(4,5)6/h9-11H,7-8,17H2,1-6H3,(H,18,22)(H,19,23). The molecule has 0 aliphatic rings. The SMILES string of the molecule is CC(CC(=O)C(C)NC(=O)C(C)CC(=O)OC(C)(C)C)C(=O)NN. The van der Waals surface area contributed by atoms with Crippen LogP contribution < -0.4 is 16.6 Å². The van der Waals surface area contributed by atoms with Crippen molar-refractivity contribution < 1.29 is 23.9 Å². The Labute approximate surface area is 142 Å². The minimum absolute atomic E-state index is 0.0368. The molecule has 138 valence electrons. The van der Waals surface area contributed by atoms with Crippen LogP contribution in [0.25, 0.3) is 0 Å². The number of Topliss-reactive ketones (excluding diaryl/α,β-unsaturated/α-hetero) is 1.